The van der Waals surface area contributed by atoms with Crippen molar-refractivity contribution in [2.75, 3.05) is 13.6 Å². The van der Waals surface area contributed by atoms with Gasteiger partial charge in [0, 0.05) is 13.6 Å². The molecular weight excluding hydrogens is 597 g/mol. The van der Waals surface area contributed by atoms with Crippen molar-refractivity contribution in [2.24, 2.45) is 0 Å². The van der Waals surface area contributed by atoms with Crippen LogP contribution in [0.1, 0.15) is 67.6 Å². The van der Waals surface area contributed by atoms with Crippen molar-refractivity contribution in [3.05, 3.63) is 70.9 Å². The molecule has 230 valence electrons. The summed E-state index contributed by atoms with van der Waals surface area (Å²) in [6, 6.07) is 11.2. The number of fused-ring (bicyclic) bond motifs is 2. The van der Waals surface area contributed by atoms with E-state index in [9.17, 15) is 19.2 Å². The van der Waals surface area contributed by atoms with E-state index in [2.05, 4.69) is 46.2 Å². The van der Waals surface area contributed by atoms with Gasteiger partial charge in [-0.3, -0.25) is 29.0 Å². The molecule has 2 aliphatic heterocycles. The Morgan fingerprint density at radius 1 is 0.744 bits per heavy atom. The van der Waals surface area contributed by atoms with Crippen LogP contribution in [0, 0.1) is 0 Å². The van der Waals surface area contributed by atoms with Gasteiger partial charge in [0.2, 0.25) is 8.32 Å². The lowest BCUT2D eigenvalue weighted by molar-refractivity contribution is 0.0648. The Bertz CT molecular complexity index is 1480. The van der Waals surface area contributed by atoms with Crippen LogP contribution in [-0.4, -0.2) is 72.2 Å². The number of nitrogens with zero attached hydrogens (tertiary/aromatic N) is 2. The highest BCUT2D eigenvalue weighted by Crippen LogP contribution is 2.33. The Morgan fingerprint density at radius 2 is 1.28 bits per heavy atom. The summed E-state index contributed by atoms with van der Waals surface area (Å²) < 4.78 is 19.3. The second-order valence-corrected chi connectivity index (χ2v) is 24.5. The summed E-state index contributed by atoms with van der Waals surface area (Å²) in [4.78, 5) is 53.3. The van der Waals surface area contributed by atoms with E-state index < -0.39 is 31.1 Å². The fourth-order valence-electron chi connectivity index (χ4n) is 5.76. The molecular formula is C31H42N2O7Si3. The quantitative estimate of drug-likeness (QED) is 0.167. The summed E-state index contributed by atoms with van der Waals surface area (Å²) in [5.41, 5.74) is 3.12. The molecule has 2 heterocycles. The van der Waals surface area contributed by atoms with Crippen LogP contribution in [0.2, 0.25) is 44.8 Å². The molecule has 43 heavy (non-hydrogen) atoms. The number of amides is 4. The zero-order valence-electron chi connectivity index (χ0n) is 26.2. The predicted molar refractivity (Wildman–Crippen MR) is 173 cm³/mol. The molecule has 0 spiro atoms. The van der Waals surface area contributed by atoms with E-state index in [1.54, 1.807) is 30.3 Å². The number of imide groups is 2. The molecule has 0 N–H and O–H groups in total. The van der Waals surface area contributed by atoms with E-state index >= 15 is 0 Å². The van der Waals surface area contributed by atoms with Crippen LogP contribution >= 0.6 is 0 Å². The minimum atomic E-state index is -2.41. The average molecular weight is 639 g/mol. The molecule has 2 aliphatic rings. The number of carbonyl (C=O) groups is 4. The van der Waals surface area contributed by atoms with Crippen LogP contribution in [0.4, 0.5) is 0 Å². The van der Waals surface area contributed by atoms with Crippen LogP contribution in [0.3, 0.4) is 0 Å². The van der Waals surface area contributed by atoms with E-state index in [1.165, 1.54) is 18.0 Å². The smallest absolute Gasteiger partial charge is 0.311 e. The number of rotatable bonds is 14. The van der Waals surface area contributed by atoms with Crippen LogP contribution < -0.4 is 4.74 Å². The maximum atomic E-state index is 13.3. The first kappa shape index (κ1) is 32.7. The fraction of sp³-hybridized carbons (Fsp3) is 0.419. The van der Waals surface area contributed by atoms with Gasteiger partial charge in [0.25, 0.3) is 23.6 Å². The zero-order valence-corrected chi connectivity index (χ0v) is 29.2. The Kier molecular flexibility index (Phi) is 9.47. The van der Waals surface area contributed by atoms with Crippen molar-refractivity contribution in [1.82, 2.24) is 9.80 Å². The molecule has 4 amide bonds. The lowest BCUT2D eigenvalue weighted by Gasteiger charge is -2.39. The lowest BCUT2D eigenvalue weighted by atomic mass is 10.1. The molecule has 0 saturated heterocycles. The number of benzene rings is 2. The SMILES string of the molecule is C=C[Si](C)(CCCN1C(=O)c2ccc(Oc3ccc4c(c3)C(=O)N(C)C4=O)cc2C1=O)O[Si](C)(C)O[Si](C)(C)CCCC. The first-order chi connectivity index (χ1) is 20.1. The van der Waals surface area contributed by atoms with Gasteiger partial charge in [0.15, 0.2) is 8.32 Å². The summed E-state index contributed by atoms with van der Waals surface area (Å²) in [7, 11) is -5.16. The Hall–Kier alpha value is -3.17. The molecule has 1 unspecified atom stereocenters. The van der Waals surface area contributed by atoms with Gasteiger partial charge in [0.1, 0.15) is 11.5 Å². The number of hydrogen-bond acceptors (Lipinski definition) is 7. The molecule has 0 saturated carbocycles. The molecule has 4 rings (SSSR count). The number of carbonyl (C=O) groups excluding carboxylic acids is 4. The molecule has 2 aromatic carbocycles. The van der Waals surface area contributed by atoms with Gasteiger partial charge >= 0.3 is 8.56 Å². The van der Waals surface area contributed by atoms with Crippen LogP contribution in [-0.2, 0) is 8.23 Å². The highest BCUT2D eigenvalue weighted by Gasteiger charge is 2.41. The largest absolute Gasteiger partial charge is 0.457 e. The standard InChI is InChI=1S/C31H42N2O7Si3/c1-9-11-18-41(4,5)39-42(6,7)40-43(8,10-2)19-12-17-33-30(36)25-16-14-23(21-27(25)31(33)37)38-22-13-15-24-26(20-22)29(35)32(3)28(24)34/h10,13-16,20-21H,2,9,11-12,17-19H2,1,3-8H3. The molecule has 9 nitrogen and oxygen atoms in total. The maximum Gasteiger partial charge on any atom is 0.311 e. The number of hydrogen-bond donors (Lipinski definition) is 0. The van der Waals surface area contributed by atoms with E-state index in [0.29, 0.717) is 35.1 Å². The fourth-order valence-corrected chi connectivity index (χ4v) is 19.5. The monoisotopic (exact) mass is 638 g/mol. The first-order valence-corrected chi connectivity index (χ1v) is 23.4. The van der Waals surface area contributed by atoms with Gasteiger partial charge in [-0.05, 0) is 87.6 Å². The van der Waals surface area contributed by atoms with Crippen molar-refractivity contribution in [1.29, 1.82) is 0 Å². The van der Waals surface area contributed by atoms with Crippen molar-refractivity contribution in [3.63, 3.8) is 0 Å². The summed E-state index contributed by atoms with van der Waals surface area (Å²) >= 11 is 0. The number of unbranched alkanes of at least 4 members (excludes halogenated alkanes) is 1. The molecule has 0 fully saturated rings. The minimum Gasteiger partial charge on any atom is -0.457 e. The summed E-state index contributed by atoms with van der Waals surface area (Å²) in [5.74, 6) is -0.753. The maximum absolute atomic E-state index is 13.3. The third kappa shape index (κ3) is 7.15. The lowest BCUT2D eigenvalue weighted by Crippen LogP contribution is -2.53. The molecule has 0 bridgehead atoms. The number of ether oxygens (including phenoxy) is 1. The van der Waals surface area contributed by atoms with Crippen LogP contribution in [0.5, 0.6) is 11.5 Å². The van der Waals surface area contributed by atoms with Crippen molar-refractivity contribution in [2.45, 2.75) is 71.0 Å². The van der Waals surface area contributed by atoms with Gasteiger partial charge in [-0.15, -0.1) is 6.58 Å². The normalized spacial score (nSPS) is 16.4. The highest BCUT2D eigenvalue weighted by atomic mass is 28.5. The summed E-state index contributed by atoms with van der Waals surface area (Å²) in [5, 5.41) is 0. The van der Waals surface area contributed by atoms with Crippen LogP contribution in [0.25, 0.3) is 0 Å². The summed E-state index contributed by atoms with van der Waals surface area (Å²) in [6.07, 6.45) is 2.90. The molecule has 12 heteroatoms. The second kappa shape index (κ2) is 12.4. The van der Waals surface area contributed by atoms with E-state index in [0.717, 1.165) is 23.8 Å². The molecule has 0 aromatic heterocycles. The summed E-state index contributed by atoms with van der Waals surface area (Å²) in [6.45, 7) is 17.4. The Labute approximate surface area is 257 Å². The minimum absolute atomic E-state index is 0.266. The molecule has 2 aromatic rings. The van der Waals surface area contributed by atoms with E-state index in [4.69, 9.17) is 13.0 Å². The third-order valence-corrected chi connectivity index (χ3v) is 19.6. The molecule has 0 radical (unpaired) electrons. The first-order valence-electron chi connectivity index (χ1n) is 14.8. The van der Waals surface area contributed by atoms with Gasteiger partial charge < -0.3 is 13.0 Å². The van der Waals surface area contributed by atoms with Crippen molar-refractivity contribution < 1.29 is 32.1 Å². The predicted octanol–water partition coefficient (Wildman–Crippen LogP) is 6.73. The van der Waals surface area contributed by atoms with E-state index in [1.807, 2.05) is 5.70 Å². The van der Waals surface area contributed by atoms with Gasteiger partial charge in [-0.25, -0.2) is 0 Å². The Balaban J connectivity index is 1.38. The van der Waals surface area contributed by atoms with Gasteiger partial charge in [0.05, 0.1) is 22.3 Å². The van der Waals surface area contributed by atoms with Gasteiger partial charge in [-0.1, -0.05) is 25.5 Å². The van der Waals surface area contributed by atoms with Crippen molar-refractivity contribution in [3.8, 4) is 11.5 Å². The van der Waals surface area contributed by atoms with Gasteiger partial charge in [-0.2, -0.15) is 0 Å². The zero-order chi connectivity index (χ0) is 31.7. The highest BCUT2D eigenvalue weighted by molar-refractivity contribution is 6.89. The topological polar surface area (TPSA) is 102 Å². The third-order valence-electron chi connectivity index (χ3n) is 7.86. The molecule has 0 aliphatic carbocycles. The van der Waals surface area contributed by atoms with Crippen molar-refractivity contribution >= 4 is 48.8 Å². The van der Waals surface area contributed by atoms with Crippen LogP contribution in [0.15, 0.2) is 48.7 Å². The second-order valence-electron chi connectivity index (χ2n) is 12.5. The Morgan fingerprint density at radius 3 is 1.86 bits per heavy atom. The molecule has 1 atom stereocenters. The van der Waals surface area contributed by atoms with E-state index in [-0.39, 0.29) is 35.4 Å². The average Bonchev–Trinajstić information content (AvgIpc) is 3.30.